The molecule has 0 aromatic heterocycles. The van der Waals surface area contributed by atoms with Gasteiger partial charge in [-0.1, -0.05) is 73.8 Å². The second-order valence-electron chi connectivity index (χ2n) is 4.69. The van der Waals surface area contributed by atoms with E-state index >= 15 is 0 Å². The van der Waals surface area contributed by atoms with Crippen molar-refractivity contribution in [3.8, 4) is 0 Å². The van der Waals surface area contributed by atoms with E-state index in [-0.39, 0.29) is 5.78 Å². The van der Waals surface area contributed by atoms with Crippen molar-refractivity contribution in [2.24, 2.45) is 0 Å². The molecule has 0 saturated heterocycles. The number of benzene rings is 1. The summed E-state index contributed by atoms with van der Waals surface area (Å²) in [5, 5.41) is 1.13. The summed E-state index contributed by atoms with van der Waals surface area (Å²) < 4.78 is 0. The van der Waals surface area contributed by atoms with Crippen molar-refractivity contribution < 1.29 is 4.79 Å². The highest BCUT2D eigenvalue weighted by Gasteiger charge is 2.15. The van der Waals surface area contributed by atoms with E-state index in [1.54, 1.807) is 12.1 Å². The summed E-state index contributed by atoms with van der Waals surface area (Å²) in [5.41, 5.74) is 0.404. The van der Waals surface area contributed by atoms with E-state index in [1.807, 2.05) is 0 Å². The number of hydrogen-bond acceptors (Lipinski definition) is 1. The normalized spacial score (nSPS) is 10.7. The lowest BCUT2D eigenvalue weighted by Crippen LogP contribution is -2.01. The van der Waals surface area contributed by atoms with E-state index < -0.39 is 0 Å². The maximum absolute atomic E-state index is 12.1. The first-order valence-corrected chi connectivity index (χ1v) is 7.87. The monoisotopic (exact) mass is 320 g/mol. The topological polar surface area (TPSA) is 17.1 Å². The molecule has 0 heterocycles. The Morgan fingerprint density at radius 2 is 1.47 bits per heavy atom. The number of halogens is 3. The van der Waals surface area contributed by atoms with Gasteiger partial charge >= 0.3 is 0 Å². The van der Waals surface area contributed by atoms with Gasteiger partial charge in [0.05, 0.1) is 15.6 Å². The molecule has 1 nitrogen and oxygen atoms in total. The largest absolute Gasteiger partial charge is 0.294 e. The van der Waals surface area contributed by atoms with Crippen molar-refractivity contribution in [1.82, 2.24) is 0 Å². The minimum atomic E-state index is 0.00200. The number of ketones is 1. The van der Waals surface area contributed by atoms with Crippen molar-refractivity contribution in [3.63, 3.8) is 0 Å². The molecule has 0 fully saturated rings. The Morgan fingerprint density at radius 3 is 2.05 bits per heavy atom. The fraction of sp³-hybridized carbons (Fsp3) is 0.533. The maximum atomic E-state index is 12.1. The second kappa shape index (κ2) is 8.84. The summed E-state index contributed by atoms with van der Waals surface area (Å²) in [5.74, 6) is 0.00200. The molecule has 4 heteroatoms. The van der Waals surface area contributed by atoms with Crippen molar-refractivity contribution in [2.75, 3.05) is 0 Å². The van der Waals surface area contributed by atoms with Crippen LogP contribution in [0.3, 0.4) is 0 Å². The molecule has 0 N–H and O–H groups in total. The Kier molecular flexibility index (Phi) is 7.82. The van der Waals surface area contributed by atoms with Crippen LogP contribution in [0.15, 0.2) is 12.1 Å². The summed E-state index contributed by atoms with van der Waals surface area (Å²) in [4.78, 5) is 12.1. The molecule has 0 aliphatic rings. The molecule has 1 aromatic rings. The summed E-state index contributed by atoms with van der Waals surface area (Å²) >= 11 is 17.9. The highest BCUT2D eigenvalue weighted by molar-refractivity contribution is 6.42. The quantitative estimate of drug-likeness (QED) is 0.390. The average Bonchev–Trinajstić information content (AvgIpc) is 2.32. The van der Waals surface area contributed by atoms with Gasteiger partial charge in [-0.15, -0.1) is 0 Å². The third-order valence-electron chi connectivity index (χ3n) is 3.04. The Morgan fingerprint density at radius 1 is 0.947 bits per heavy atom. The van der Waals surface area contributed by atoms with Gasteiger partial charge in [0.1, 0.15) is 0 Å². The van der Waals surface area contributed by atoms with Gasteiger partial charge in [0, 0.05) is 11.4 Å². The summed E-state index contributed by atoms with van der Waals surface area (Å²) in [7, 11) is 0. The summed E-state index contributed by atoms with van der Waals surface area (Å²) in [6.07, 6.45) is 7.38. The minimum absolute atomic E-state index is 0.00200. The lowest BCUT2D eigenvalue weighted by atomic mass is 10.0. The van der Waals surface area contributed by atoms with Crippen LogP contribution in [0.1, 0.15) is 62.2 Å². The van der Waals surface area contributed by atoms with Crippen molar-refractivity contribution in [3.05, 3.63) is 32.8 Å². The maximum Gasteiger partial charge on any atom is 0.165 e. The third-order valence-corrected chi connectivity index (χ3v) is 3.86. The van der Waals surface area contributed by atoms with Gasteiger partial charge < -0.3 is 0 Å². The highest BCUT2D eigenvalue weighted by atomic mass is 35.5. The molecule has 0 spiro atoms. The first kappa shape index (κ1) is 16.8. The molecular weight excluding hydrogens is 303 g/mol. The van der Waals surface area contributed by atoms with Crippen molar-refractivity contribution in [1.29, 1.82) is 0 Å². The van der Waals surface area contributed by atoms with Gasteiger partial charge in [-0.3, -0.25) is 4.79 Å². The Labute approximate surface area is 130 Å². The molecular formula is C15H19Cl3O. The smallest absolute Gasteiger partial charge is 0.165 e. The Balaban J connectivity index is 2.46. The molecule has 0 aliphatic heterocycles. The average molecular weight is 322 g/mol. The van der Waals surface area contributed by atoms with Crippen LogP contribution < -0.4 is 0 Å². The Hall–Kier alpha value is -0.240. The first-order chi connectivity index (χ1) is 9.06. The van der Waals surface area contributed by atoms with E-state index in [9.17, 15) is 4.79 Å². The molecule has 1 aromatic carbocycles. The van der Waals surface area contributed by atoms with Crippen LogP contribution in [0.2, 0.25) is 15.1 Å². The van der Waals surface area contributed by atoms with Gasteiger partial charge in [-0.05, 0) is 18.6 Å². The second-order valence-corrected chi connectivity index (χ2v) is 5.94. The van der Waals surface area contributed by atoms with Crippen LogP contribution in [0, 0.1) is 0 Å². The molecule has 0 amide bonds. The van der Waals surface area contributed by atoms with E-state index in [4.69, 9.17) is 34.8 Å². The molecule has 0 radical (unpaired) electrons. The zero-order chi connectivity index (χ0) is 14.3. The summed E-state index contributed by atoms with van der Waals surface area (Å²) in [6, 6.07) is 3.12. The van der Waals surface area contributed by atoms with Gasteiger partial charge in [0.15, 0.2) is 5.78 Å². The van der Waals surface area contributed by atoms with Gasteiger partial charge in [0.2, 0.25) is 0 Å². The van der Waals surface area contributed by atoms with Crippen LogP contribution in [0.25, 0.3) is 0 Å². The van der Waals surface area contributed by atoms with E-state index in [0.29, 0.717) is 27.1 Å². The van der Waals surface area contributed by atoms with Crippen LogP contribution in [0.5, 0.6) is 0 Å². The van der Waals surface area contributed by atoms with Crippen LogP contribution >= 0.6 is 34.8 Å². The predicted octanol–water partition coefficient (Wildman–Crippen LogP) is 6.58. The van der Waals surface area contributed by atoms with Crippen molar-refractivity contribution >= 4 is 40.6 Å². The molecule has 0 unspecified atom stereocenters. The van der Waals surface area contributed by atoms with E-state index in [2.05, 4.69) is 6.92 Å². The standard InChI is InChI=1S/C15H19Cl3O/c1-2-3-4-5-6-7-8-14(19)15-12(17)9-11(16)10-13(15)18/h9-10H,2-8H2,1H3. The molecule has 0 bridgehead atoms. The molecule has 19 heavy (non-hydrogen) atoms. The lowest BCUT2D eigenvalue weighted by molar-refractivity contribution is 0.0979. The predicted molar refractivity (Wildman–Crippen MR) is 83.8 cm³/mol. The number of hydrogen-bond donors (Lipinski definition) is 0. The molecule has 1 rings (SSSR count). The van der Waals surface area contributed by atoms with Gasteiger partial charge in [-0.25, -0.2) is 0 Å². The van der Waals surface area contributed by atoms with Crippen LogP contribution in [-0.2, 0) is 0 Å². The third kappa shape index (κ3) is 5.72. The minimum Gasteiger partial charge on any atom is -0.294 e. The fourth-order valence-electron chi connectivity index (χ4n) is 2.00. The van der Waals surface area contributed by atoms with Gasteiger partial charge in [0.25, 0.3) is 0 Å². The SMILES string of the molecule is CCCCCCCCC(=O)c1c(Cl)cc(Cl)cc1Cl. The molecule has 0 saturated carbocycles. The number of unbranched alkanes of at least 4 members (excludes halogenated alkanes) is 5. The highest BCUT2D eigenvalue weighted by Crippen LogP contribution is 2.30. The van der Waals surface area contributed by atoms with E-state index in [1.165, 1.54) is 25.7 Å². The number of carbonyl (C=O) groups excluding carboxylic acids is 1. The zero-order valence-corrected chi connectivity index (χ0v) is 13.4. The van der Waals surface area contributed by atoms with E-state index in [0.717, 1.165) is 12.8 Å². The first-order valence-electron chi connectivity index (χ1n) is 6.74. The number of rotatable bonds is 8. The number of carbonyl (C=O) groups is 1. The Bertz CT molecular complexity index is 406. The fourth-order valence-corrected chi connectivity index (χ4v) is 3.03. The molecule has 0 aliphatic carbocycles. The molecule has 106 valence electrons. The lowest BCUT2D eigenvalue weighted by Gasteiger charge is -2.07. The number of Topliss-reactive ketones (excluding diaryl/α,β-unsaturated/α-hetero) is 1. The van der Waals surface area contributed by atoms with Crippen LogP contribution in [0.4, 0.5) is 0 Å². The zero-order valence-electron chi connectivity index (χ0n) is 11.1. The van der Waals surface area contributed by atoms with Crippen molar-refractivity contribution in [2.45, 2.75) is 51.9 Å². The van der Waals surface area contributed by atoms with Gasteiger partial charge in [-0.2, -0.15) is 0 Å². The molecule has 0 atom stereocenters. The summed E-state index contributed by atoms with van der Waals surface area (Å²) in [6.45, 7) is 2.19. The van der Waals surface area contributed by atoms with Crippen LogP contribution in [-0.4, -0.2) is 5.78 Å².